The molecule has 8 nitrogen and oxygen atoms in total. The van der Waals surface area contributed by atoms with Gasteiger partial charge in [-0.25, -0.2) is 4.79 Å². The zero-order chi connectivity index (χ0) is 18.0. The smallest absolute Gasteiger partial charge is 0.407 e. The highest BCUT2D eigenvalue weighted by atomic mass is 35.6. The Kier molecular flexibility index (Phi) is 10.3. The number of esters is 2. The summed E-state index contributed by atoms with van der Waals surface area (Å²) in [5.74, 6) is -1.22. The van der Waals surface area contributed by atoms with E-state index in [9.17, 15) is 14.4 Å². The van der Waals surface area contributed by atoms with Crippen molar-refractivity contribution in [2.75, 3.05) is 13.4 Å². The van der Waals surface area contributed by atoms with E-state index in [1.807, 2.05) is 0 Å². The quantitative estimate of drug-likeness (QED) is 0.292. The second-order valence-corrected chi connectivity index (χ2v) is 6.76. The molecule has 0 saturated carbocycles. The Morgan fingerprint density at radius 2 is 1.70 bits per heavy atom. The average molecular weight is 395 g/mol. The Balaban J connectivity index is 4.63. The number of hydrogen-bond donors (Lipinski definition) is 1. The van der Waals surface area contributed by atoms with Gasteiger partial charge in [0.2, 0.25) is 10.1 Å². The van der Waals surface area contributed by atoms with Crippen LogP contribution in [0.5, 0.6) is 0 Å². The number of carbonyl (C=O) groups is 3. The van der Waals surface area contributed by atoms with Crippen LogP contribution in [-0.2, 0) is 28.5 Å². The molecule has 1 amide bonds. The highest BCUT2D eigenvalue weighted by Gasteiger charge is 2.28. The van der Waals surface area contributed by atoms with Crippen LogP contribution in [-0.4, -0.2) is 47.6 Å². The maximum Gasteiger partial charge on any atom is 0.407 e. The van der Waals surface area contributed by atoms with Crippen LogP contribution in [0.25, 0.3) is 0 Å². The summed E-state index contributed by atoms with van der Waals surface area (Å²) in [6.45, 7) is 3.14. The van der Waals surface area contributed by atoms with Crippen molar-refractivity contribution in [2.24, 2.45) is 0 Å². The molecule has 1 N–H and O–H groups in total. The normalized spacial score (nSPS) is 13.7. The molecule has 0 spiro atoms. The van der Waals surface area contributed by atoms with Crippen molar-refractivity contribution in [3.63, 3.8) is 0 Å². The molecule has 2 atom stereocenters. The fraction of sp³-hybridized carbons (Fsp3) is 0.750. The van der Waals surface area contributed by atoms with Gasteiger partial charge >= 0.3 is 18.0 Å². The molecule has 134 valence electrons. The minimum Gasteiger partial charge on any atom is -0.445 e. The Bertz CT molecular complexity index is 414. The molecule has 0 bridgehead atoms. The summed E-state index contributed by atoms with van der Waals surface area (Å²) in [5.41, 5.74) is 0. The van der Waals surface area contributed by atoms with E-state index in [-0.39, 0.29) is 0 Å². The van der Waals surface area contributed by atoms with Gasteiger partial charge in [-0.05, 0) is 6.42 Å². The van der Waals surface area contributed by atoms with Crippen molar-refractivity contribution in [3.8, 4) is 0 Å². The highest BCUT2D eigenvalue weighted by molar-refractivity contribution is 6.67. The molecular weight excluding hydrogens is 376 g/mol. The topological polar surface area (TPSA) is 100 Å². The van der Waals surface area contributed by atoms with Crippen molar-refractivity contribution in [1.29, 1.82) is 0 Å². The Morgan fingerprint density at radius 1 is 1.09 bits per heavy atom. The maximum absolute atomic E-state index is 11.6. The van der Waals surface area contributed by atoms with Crippen LogP contribution >= 0.6 is 34.8 Å². The van der Waals surface area contributed by atoms with Crippen molar-refractivity contribution >= 4 is 52.8 Å². The maximum atomic E-state index is 11.6. The van der Waals surface area contributed by atoms with Crippen molar-refractivity contribution in [2.45, 2.75) is 43.3 Å². The standard InChI is InChI=1S/C12H18Cl3NO7/c1-4-9(16-11(19)20-5-12(13,14)15)10(23-8(3)18)22-6-21-7(2)17/h9-10H,4-6H2,1-3H3,(H,16,19)/t9-,10?/m0/s1. The number of carbonyl (C=O) groups excluding carboxylic acids is 3. The third-order valence-electron chi connectivity index (χ3n) is 2.22. The summed E-state index contributed by atoms with van der Waals surface area (Å²) in [5, 5.41) is 2.40. The molecule has 0 fully saturated rings. The van der Waals surface area contributed by atoms with Crippen molar-refractivity contribution < 1.29 is 33.3 Å². The van der Waals surface area contributed by atoms with Gasteiger partial charge in [-0.3, -0.25) is 9.59 Å². The fourth-order valence-corrected chi connectivity index (χ4v) is 1.45. The van der Waals surface area contributed by atoms with Crippen LogP contribution in [0, 0.1) is 0 Å². The number of nitrogens with one attached hydrogen (secondary N) is 1. The van der Waals surface area contributed by atoms with E-state index >= 15 is 0 Å². The molecule has 0 saturated heterocycles. The molecule has 23 heavy (non-hydrogen) atoms. The van der Waals surface area contributed by atoms with Gasteiger partial charge in [-0.15, -0.1) is 0 Å². The van der Waals surface area contributed by atoms with Gasteiger partial charge in [0, 0.05) is 13.8 Å². The van der Waals surface area contributed by atoms with Crippen LogP contribution in [0.1, 0.15) is 27.2 Å². The second kappa shape index (κ2) is 10.7. The Morgan fingerprint density at radius 3 is 2.13 bits per heavy atom. The van der Waals surface area contributed by atoms with Gasteiger partial charge in [0.05, 0.1) is 6.04 Å². The molecule has 11 heteroatoms. The first kappa shape index (κ1) is 22.0. The first-order valence-electron chi connectivity index (χ1n) is 6.47. The number of ether oxygens (including phenoxy) is 4. The lowest BCUT2D eigenvalue weighted by molar-refractivity contribution is -0.209. The molecule has 0 rings (SSSR count). The minimum absolute atomic E-state index is 0.320. The summed E-state index contributed by atoms with van der Waals surface area (Å²) in [6, 6.07) is -0.766. The number of halogens is 3. The number of hydrogen-bond acceptors (Lipinski definition) is 7. The van der Waals surface area contributed by atoms with Gasteiger partial charge in [0.1, 0.15) is 6.61 Å². The molecule has 0 radical (unpaired) electrons. The van der Waals surface area contributed by atoms with Gasteiger partial charge in [-0.2, -0.15) is 0 Å². The zero-order valence-electron chi connectivity index (χ0n) is 12.8. The summed E-state index contributed by atoms with van der Waals surface area (Å²) in [6.07, 6.45) is -1.76. The zero-order valence-corrected chi connectivity index (χ0v) is 15.0. The lowest BCUT2D eigenvalue weighted by Gasteiger charge is -2.26. The van der Waals surface area contributed by atoms with Crippen LogP contribution in [0.2, 0.25) is 0 Å². The lowest BCUT2D eigenvalue weighted by Crippen LogP contribution is -2.47. The van der Waals surface area contributed by atoms with Gasteiger partial charge in [0.15, 0.2) is 6.79 Å². The average Bonchev–Trinajstić information content (AvgIpc) is 2.40. The molecular formula is C12H18Cl3NO7. The fourth-order valence-electron chi connectivity index (χ4n) is 1.28. The van der Waals surface area contributed by atoms with E-state index in [4.69, 9.17) is 49.0 Å². The monoisotopic (exact) mass is 393 g/mol. The number of alkyl halides is 3. The van der Waals surface area contributed by atoms with Gasteiger partial charge < -0.3 is 24.3 Å². The summed E-state index contributed by atoms with van der Waals surface area (Å²) in [7, 11) is 0. The largest absolute Gasteiger partial charge is 0.445 e. The molecule has 0 aliphatic carbocycles. The molecule has 0 aliphatic rings. The predicted molar refractivity (Wildman–Crippen MR) is 82.1 cm³/mol. The molecule has 0 aromatic heterocycles. The van der Waals surface area contributed by atoms with Crippen LogP contribution in [0.3, 0.4) is 0 Å². The number of rotatable bonds is 8. The molecule has 0 heterocycles. The Labute approximate surface area is 148 Å². The number of alkyl carbamates (subject to hydrolysis) is 1. The molecule has 0 aromatic carbocycles. The van der Waals surface area contributed by atoms with E-state index in [0.29, 0.717) is 6.42 Å². The predicted octanol–water partition coefficient (Wildman–Crippen LogP) is 2.29. The van der Waals surface area contributed by atoms with E-state index in [0.717, 1.165) is 6.92 Å². The van der Waals surface area contributed by atoms with Crippen molar-refractivity contribution in [3.05, 3.63) is 0 Å². The first-order chi connectivity index (χ1) is 10.5. The van der Waals surface area contributed by atoms with Gasteiger partial charge in [-0.1, -0.05) is 41.7 Å². The molecule has 0 aromatic rings. The van der Waals surface area contributed by atoms with E-state index < -0.39 is 47.6 Å². The minimum atomic E-state index is -1.75. The van der Waals surface area contributed by atoms with Crippen LogP contribution in [0.4, 0.5) is 4.79 Å². The molecule has 1 unspecified atom stereocenters. The van der Waals surface area contributed by atoms with E-state index in [2.05, 4.69) is 10.1 Å². The SMILES string of the molecule is CC[C@H](NC(=O)OCC(Cl)(Cl)Cl)C(OCOC(C)=O)OC(C)=O. The lowest BCUT2D eigenvalue weighted by atomic mass is 10.2. The van der Waals surface area contributed by atoms with Crippen LogP contribution < -0.4 is 5.32 Å². The van der Waals surface area contributed by atoms with E-state index in [1.54, 1.807) is 6.92 Å². The highest BCUT2D eigenvalue weighted by Crippen LogP contribution is 2.25. The van der Waals surface area contributed by atoms with Crippen molar-refractivity contribution in [1.82, 2.24) is 5.32 Å². The third-order valence-corrected chi connectivity index (χ3v) is 2.54. The molecule has 0 aliphatic heterocycles. The second-order valence-electron chi connectivity index (χ2n) is 4.25. The first-order valence-corrected chi connectivity index (χ1v) is 7.60. The Hall–Kier alpha value is -0.960. The summed E-state index contributed by atoms with van der Waals surface area (Å²) >= 11 is 16.4. The summed E-state index contributed by atoms with van der Waals surface area (Å²) < 4.78 is 17.6. The van der Waals surface area contributed by atoms with Gasteiger partial charge in [0.25, 0.3) is 0 Å². The van der Waals surface area contributed by atoms with Crippen LogP contribution in [0.15, 0.2) is 0 Å². The number of amides is 1. The summed E-state index contributed by atoms with van der Waals surface area (Å²) in [4.78, 5) is 33.5. The van der Waals surface area contributed by atoms with E-state index in [1.165, 1.54) is 6.92 Å². The third kappa shape index (κ3) is 12.2.